The summed E-state index contributed by atoms with van der Waals surface area (Å²) in [7, 11) is -3.69. The predicted octanol–water partition coefficient (Wildman–Crippen LogP) is 4.56. The van der Waals surface area contributed by atoms with Crippen molar-refractivity contribution in [1.82, 2.24) is 0 Å². The number of carbonyl (C=O) groups is 1. The Morgan fingerprint density at radius 2 is 1.55 bits per heavy atom. The van der Waals surface area contributed by atoms with Crippen LogP contribution in [-0.4, -0.2) is 14.2 Å². The molecule has 0 atom stereocenters. The van der Waals surface area contributed by atoms with Gasteiger partial charge in [0.1, 0.15) is 0 Å². The molecule has 0 fully saturated rings. The molecule has 0 saturated heterocycles. The highest BCUT2D eigenvalue weighted by molar-refractivity contribution is 7.92. The van der Waals surface area contributed by atoms with E-state index in [1.165, 1.54) is 6.08 Å². The summed E-state index contributed by atoms with van der Waals surface area (Å²) in [5, 5.41) is 8.80. The molecule has 0 aliphatic rings. The van der Waals surface area contributed by atoms with E-state index in [1.54, 1.807) is 78.9 Å². The van der Waals surface area contributed by atoms with Crippen LogP contribution in [0.5, 0.6) is 0 Å². The lowest BCUT2D eigenvalue weighted by molar-refractivity contribution is 0.104. The first kappa shape index (κ1) is 20.1. The van der Waals surface area contributed by atoms with E-state index in [2.05, 4.69) is 4.72 Å². The zero-order valence-corrected chi connectivity index (χ0v) is 16.5. The second kappa shape index (κ2) is 8.55. The first-order valence-electron chi connectivity index (χ1n) is 8.79. The molecule has 0 aromatic heterocycles. The van der Waals surface area contributed by atoms with E-state index in [-0.39, 0.29) is 10.7 Å². The summed E-state index contributed by atoms with van der Waals surface area (Å²) in [4.78, 5) is 12.5. The zero-order valence-electron chi connectivity index (χ0n) is 15.7. The van der Waals surface area contributed by atoms with E-state index in [9.17, 15) is 13.2 Å². The maximum absolute atomic E-state index is 12.4. The van der Waals surface area contributed by atoms with Crippen LogP contribution in [0.15, 0.2) is 83.8 Å². The van der Waals surface area contributed by atoms with Gasteiger partial charge in [-0.2, -0.15) is 5.26 Å². The number of nitriles is 1. The average molecular weight is 402 g/mol. The Morgan fingerprint density at radius 3 is 2.14 bits per heavy atom. The number of ketones is 1. The average Bonchev–Trinajstić information content (AvgIpc) is 2.73. The molecule has 0 radical (unpaired) electrons. The summed E-state index contributed by atoms with van der Waals surface area (Å²) in [5.41, 5.74) is 3.14. The van der Waals surface area contributed by atoms with E-state index >= 15 is 0 Å². The lowest BCUT2D eigenvalue weighted by Gasteiger charge is -2.08. The molecule has 0 aliphatic heterocycles. The van der Waals surface area contributed by atoms with Gasteiger partial charge in [0.25, 0.3) is 10.0 Å². The highest BCUT2D eigenvalue weighted by Crippen LogP contribution is 2.18. The molecule has 0 amide bonds. The Hall–Kier alpha value is -3.69. The van der Waals surface area contributed by atoms with Gasteiger partial charge < -0.3 is 0 Å². The number of carbonyl (C=O) groups excluding carboxylic acids is 1. The number of nitrogens with one attached hydrogen (secondary N) is 1. The molecule has 29 heavy (non-hydrogen) atoms. The lowest BCUT2D eigenvalue weighted by Crippen LogP contribution is -2.13. The third-order valence-corrected chi connectivity index (χ3v) is 5.62. The SMILES string of the molecule is Cc1ccc(S(=O)(=O)Nc2ccc(C(=O)/C=C/c3ccc(C#N)cc3)cc2)cc1. The molecule has 3 aromatic rings. The van der Waals surface area contributed by atoms with Gasteiger partial charge in [0.05, 0.1) is 16.5 Å². The minimum atomic E-state index is -3.69. The topological polar surface area (TPSA) is 87.0 Å². The van der Waals surface area contributed by atoms with E-state index in [1.807, 2.05) is 13.0 Å². The molecule has 0 aliphatic carbocycles. The van der Waals surface area contributed by atoms with Gasteiger partial charge in [-0.1, -0.05) is 35.9 Å². The van der Waals surface area contributed by atoms with Crippen molar-refractivity contribution in [2.75, 3.05) is 4.72 Å². The third-order valence-electron chi connectivity index (χ3n) is 4.22. The first-order valence-corrected chi connectivity index (χ1v) is 10.3. The minimum Gasteiger partial charge on any atom is -0.289 e. The normalized spacial score (nSPS) is 11.2. The molecular weight excluding hydrogens is 384 g/mol. The Balaban J connectivity index is 1.69. The van der Waals surface area contributed by atoms with Gasteiger partial charge in [-0.25, -0.2) is 8.42 Å². The molecule has 3 rings (SSSR count). The smallest absolute Gasteiger partial charge is 0.261 e. The fourth-order valence-corrected chi connectivity index (χ4v) is 3.63. The molecule has 1 N–H and O–H groups in total. The lowest BCUT2D eigenvalue weighted by atomic mass is 10.1. The van der Waals surface area contributed by atoms with Crippen LogP contribution in [0.25, 0.3) is 6.08 Å². The van der Waals surface area contributed by atoms with Crippen LogP contribution in [0.1, 0.15) is 27.0 Å². The number of hydrogen-bond acceptors (Lipinski definition) is 4. The Labute approximate surface area is 170 Å². The molecule has 0 heterocycles. The molecule has 6 heteroatoms. The highest BCUT2D eigenvalue weighted by atomic mass is 32.2. The van der Waals surface area contributed by atoms with Crippen molar-refractivity contribution in [1.29, 1.82) is 5.26 Å². The van der Waals surface area contributed by atoms with Crippen LogP contribution in [0.2, 0.25) is 0 Å². The first-order chi connectivity index (χ1) is 13.9. The fourth-order valence-electron chi connectivity index (χ4n) is 2.57. The van der Waals surface area contributed by atoms with Crippen LogP contribution in [0.4, 0.5) is 5.69 Å². The largest absolute Gasteiger partial charge is 0.289 e. The quantitative estimate of drug-likeness (QED) is 0.483. The molecule has 0 saturated carbocycles. The second-order valence-corrected chi connectivity index (χ2v) is 8.11. The molecule has 3 aromatic carbocycles. The summed E-state index contributed by atoms with van der Waals surface area (Å²) < 4.78 is 27.4. The van der Waals surface area contributed by atoms with Crippen LogP contribution >= 0.6 is 0 Å². The minimum absolute atomic E-state index is 0.175. The fraction of sp³-hybridized carbons (Fsp3) is 0.0435. The molecule has 0 spiro atoms. The molecular formula is C23H18N2O3S. The summed E-state index contributed by atoms with van der Waals surface area (Å²) in [6, 6.07) is 21.7. The van der Waals surface area contributed by atoms with Gasteiger partial charge in [0, 0.05) is 11.3 Å². The second-order valence-electron chi connectivity index (χ2n) is 6.43. The Morgan fingerprint density at radius 1 is 0.931 bits per heavy atom. The summed E-state index contributed by atoms with van der Waals surface area (Å²) in [6.07, 6.45) is 3.10. The molecule has 0 bridgehead atoms. The van der Waals surface area contributed by atoms with Crippen molar-refractivity contribution < 1.29 is 13.2 Å². The van der Waals surface area contributed by atoms with Crippen molar-refractivity contribution in [2.24, 2.45) is 0 Å². The molecule has 0 unspecified atom stereocenters. The number of nitrogens with zero attached hydrogens (tertiary/aromatic N) is 1. The van der Waals surface area contributed by atoms with Crippen molar-refractivity contribution in [3.05, 3.63) is 101 Å². The van der Waals surface area contributed by atoms with Crippen LogP contribution in [0, 0.1) is 18.3 Å². The summed E-state index contributed by atoms with van der Waals surface area (Å²) in [5.74, 6) is -0.206. The van der Waals surface area contributed by atoms with E-state index in [0.29, 0.717) is 16.8 Å². The molecule has 144 valence electrons. The zero-order chi connectivity index (χ0) is 20.9. The summed E-state index contributed by atoms with van der Waals surface area (Å²) >= 11 is 0. The number of sulfonamides is 1. The van der Waals surface area contributed by atoms with Crippen molar-refractivity contribution in [2.45, 2.75) is 11.8 Å². The van der Waals surface area contributed by atoms with E-state index in [0.717, 1.165) is 11.1 Å². The van der Waals surface area contributed by atoms with Gasteiger partial charge >= 0.3 is 0 Å². The standard InChI is InChI=1S/C23H18N2O3S/c1-17-2-13-22(14-3-17)29(27,28)25-21-11-9-20(10-12-21)23(26)15-8-18-4-6-19(16-24)7-5-18/h2-15,25H,1H3/b15-8+. The number of allylic oxidation sites excluding steroid dienone is 1. The van der Waals surface area contributed by atoms with Gasteiger partial charge in [0.2, 0.25) is 0 Å². The van der Waals surface area contributed by atoms with E-state index < -0.39 is 10.0 Å². The Kier molecular flexibility index (Phi) is 5.91. The molecule has 5 nitrogen and oxygen atoms in total. The van der Waals surface area contributed by atoms with Crippen molar-refractivity contribution >= 4 is 27.6 Å². The predicted molar refractivity (Wildman–Crippen MR) is 113 cm³/mol. The number of aryl methyl sites for hydroxylation is 1. The maximum atomic E-state index is 12.4. The van der Waals surface area contributed by atoms with Crippen LogP contribution < -0.4 is 4.72 Å². The number of benzene rings is 3. The number of anilines is 1. The summed E-state index contributed by atoms with van der Waals surface area (Å²) in [6.45, 7) is 1.88. The number of rotatable bonds is 6. The van der Waals surface area contributed by atoms with Crippen LogP contribution in [-0.2, 0) is 10.0 Å². The maximum Gasteiger partial charge on any atom is 0.261 e. The monoisotopic (exact) mass is 402 g/mol. The van der Waals surface area contributed by atoms with Crippen LogP contribution in [0.3, 0.4) is 0 Å². The van der Waals surface area contributed by atoms with Crippen molar-refractivity contribution in [3.63, 3.8) is 0 Å². The third kappa shape index (κ3) is 5.18. The number of hydrogen-bond donors (Lipinski definition) is 1. The van der Waals surface area contributed by atoms with Gasteiger partial charge in [-0.15, -0.1) is 0 Å². The van der Waals surface area contributed by atoms with Gasteiger partial charge in [-0.05, 0) is 67.1 Å². The van der Waals surface area contributed by atoms with Crippen molar-refractivity contribution in [3.8, 4) is 6.07 Å². The Bertz CT molecular complexity index is 1190. The van der Waals surface area contributed by atoms with Gasteiger partial charge in [0.15, 0.2) is 5.78 Å². The van der Waals surface area contributed by atoms with Gasteiger partial charge in [-0.3, -0.25) is 9.52 Å². The van der Waals surface area contributed by atoms with E-state index in [4.69, 9.17) is 5.26 Å². The highest BCUT2D eigenvalue weighted by Gasteiger charge is 2.14.